The molecule has 1 heterocycles. The number of rotatable bonds is 9. The van der Waals surface area contributed by atoms with E-state index >= 15 is 0 Å². The maximum atomic E-state index is 12.2. The standard InChI is InChI=1S/C18H22N4O2S/c1-25-12-16(18(24)20-10-4-9-19)22-17(23)8-7-13-11-21-15-6-3-2-5-14(13)15/h2-3,5-6,11,16,21H,4,7-8,10,12H2,1H3,(H,20,24)(H,22,23). The van der Waals surface area contributed by atoms with E-state index in [1.807, 2.05) is 42.8 Å². The molecular formula is C18H22N4O2S. The van der Waals surface area contributed by atoms with Gasteiger partial charge in [0.05, 0.1) is 12.5 Å². The van der Waals surface area contributed by atoms with Crippen LogP contribution in [0.2, 0.25) is 0 Å². The van der Waals surface area contributed by atoms with Crippen molar-refractivity contribution in [3.63, 3.8) is 0 Å². The molecule has 0 fully saturated rings. The number of hydrogen-bond donors (Lipinski definition) is 3. The van der Waals surface area contributed by atoms with Gasteiger partial charge in [-0.2, -0.15) is 17.0 Å². The maximum absolute atomic E-state index is 12.2. The molecule has 0 saturated heterocycles. The lowest BCUT2D eigenvalue weighted by atomic mass is 10.1. The summed E-state index contributed by atoms with van der Waals surface area (Å²) in [6.07, 6.45) is 4.99. The molecule has 1 atom stereocenters. The zero-order chi connectivity index (χ0) is 18.1. The molecule has 2 amide bonds. The second-order valence-corrected chi connectivity index (χ2v) is 6.54. The van der Waals surface area contributed by atoms with Crippen molar-refractivity contribution in [2.24, 2.45) is 0 Å². The summed E-state index contributed by atoms with van der Waals surface area (Å²) in [6.45, 7) is 0.297. The minimum atomic E-state index is -0.579. The van der Waals surface area contributed by atoms with Crippen molar-refractivity contribution in [1.82, 2.24) is 15.6 Å². The molecule has 0 aliphatic rings. The van der Waals surface area contributed by atoms with Gasteiger partial charge in [-0.3, -0.25) is 9.59 Å². The fourth-order valence-corrected chi connectivity index (χ4v) is 3.14. The number of hydrogen-bond acceptors (Lipinski definition) is 4. The third-order valence-electron chi connectivity index (χ3n) is 3.82. The van der Waals surface area contributed by atoms with Crippen LogP contribution in [-0.2, 0) is 16.0 Å². The number of aromatic nitrogens is 1. The minimum absolute atomic E-state index is 0.153. The van der Waals surface area contributed by atoms with Gasteiger partial charge in [0.25, 0.3) is 0 Å². The highest BCUT2D eigenvalue weighted by Gasteiger charge is 2.19. The lowest BCUT2D eigenvalue weighted by molar-refractivity contribution is -0.128. The monoisotopic (exact) mass is 358 g/mol. The Morgan fingerprint density at radius 2 is 2.16 bits per heavy atom. The Hall–Kier alpha value is -2.46. The van der Waals surface area contributed by atoms with Crippen molar-refractivity contribution in [1.29, 1.82) is 5.26 Å². The fourth-order valence-electron chi connectivity index (χ4n) is 2.57. The van der Waals surface area contributed by atoms with Crippen molar-refractivity contribution in [3.8, 4) is 6.07 Å². The second kappa shape index (κ2) is 9.74. The molecule has 25 heavy (non-hydrogen) atoms. The molecule has 6 nitrogen and oxygen atoms in total. The van der Waals surface area contributed by atoms with Gasteiger partial charge >= 0.3 is 0 Å². The zero-order valence-electron chi connectivity index (χ0n) is 14.2. The van der Waals surface area contributed by atoms with Crippen LogP contribution in [0.15, 0.2) is 30.5 Å². The fraction of sp³-hybridized carbons (Fsp3) is 0.389. The molecule has 0 aliphatic heterocycles. The van der Waals surface area contributed by atoms with E-state index in [1.165, 1.54) is 11.8 Å². The summed E-state index contributed by atoms with van der Waals surface area (Å²) in [5, 5.41) is 15.1. The summed E-state index contributed by atoms with van der Waals surface area (Å²) < 4.78 is 0. The third-order valence-corrected chi connectivity index (χ3v) is 4.48. The number of aromatic amines is 1. The quantitative estimate of drug-likeness (QED) is 0.597. The van der Waals surface area contributed by atoms with E-state index in [2.05, 4.69) is 15.6 Å². The van der Waals surface area contributed by atoms with Crippen LogP contribution in [0.3, 0.4) is 0 Å². The Morgan fingerprint density at radius 1 is 1.36 bits per heavy atom. The van der Waals surface area contributed by atoms with Crippen molar-refractivity contribution in [3.05, 3.63) is 36.0 Å². The van der Waals surface area contributed by atoms with Gasteiger partial charge in [0.2, 0.25) is 11.8 Å². The van der Waals surface area contributed by atoms with Crippen LogP contribution in [0.1, 0.15) is 18.4 Å². The highest BCUT2D eigenvalue weighted by molar-refractivity contribution is 7.98. The van der Waals surface area contributed by atoms with E-state index in [0.717, 1.165) is 16.5 Å². The SMILES string of the molecule is CSCC(NC(=O)CCc1c[nH]c2ccccc12)C(=O)NCCC#N. The van der Waals surface area contributed by atoms with E-state index in [1.54, 1.807) is 0 Å². The van der Waals surface area contributed by atoms with Crippen LogP contribution in [0, 0.1) is 11.3 Å². The number of amides is 2. The molecule has 7 heteroatoms. The van der Waals surface area contributed by atoms with Crippen LogP contribution >= 0.6 is 11.8 Å². The lowest BCUT2D eigenvalue weighted by Gasteiger charge is -2.17. The predicted octanol–water partition coefficient (Wildman–Crippen LogP) is 1.98. The number of H-pyrrole nitrogens is 1. The molecular weight excluding hydrogens is 336 g/mol. The van der Waals surface area contributed by atoms with Crippen LogP contribution in [0.5, 0.6) is 0 Å². The van der Waals surface area contributed by atoms with Crippen LogP contribution < -0.4 is 10.6 Å². The molecule has 1 unspecified atom stereocenters. The van der Waals surface area contributed by atoms with E-state index in [-0.39, 0.29) is 18.2 Å². The molecule has 0 spiro atoms. The van der Waals surface area contributed by atoms with E-state index in [0.29, 0.717) is 25.1 Å². The Morgan fingerprint density at radius 3 is 2.92 bits per heavy atom. The van der Waals surface area contributed by atoms with E-state index in [4.69, 9.17) is 5.26 Å². The summed E-state index contributed by atoms with van der Waals surface area (Å²) in [6, 6.07) is 9.36. The Bertz CT molecular complexity index is 766. The lowest BCUT2D eigenvalue weighted by Crippen LogP contribution is -2.48. The van der Waals surface area contributed by atoms with Crippen molar-refractivity contribution >= 4 is 34.5 Å². The first-order valence-corrected chi connectivity index (χ1v) is 9.53. The van der Waals surface area contributed by atoms with Crippen molar-refractivity contribution < 1.29 is 9.59 Å². The molecule has 132 valence electrons. The summed E-state index contributed by atoms with van der Waals surface area (Å²) in [5.41, 5.74) is 2.14. The minimum Gasteiger partial charge on any atom is -0.361 e. The van der Waals surface area contributed by atoms with Gasteiger partial charge in [0, 0.05) is 35.8 Å². The molecule has 2 aromatic rings. The first-order valence-electron chi connectivity index (χ1n) is 8.13. The van der Waals surface area contributed by atoms with Gasteiger partial charge < -0.3 is 15.6 Å². The number of nitrogens with zero attached hydrogens (tertiary/aromatic N) is 1. The predicted molar refractivity (Wildman–Crippen MR) is 100 cm³/mol. The van der Waals surface area contributed by atoms with E-state index in [9.17, 15) is 9.59 Å². The molecule has 1 aromatic heterocycles. The number of thioether (sulfide) groups is 1. The number of nitrogens with one attached hydrogen (secondary N) is 3. The number of nitriles is 1. The number of benzene rings is 1. The van der Waals surface area contributed by atoms with Gasteiger partial charge in [-0.1, -0.05) is 18.2 Å². The topological polar surface area (TPSA) is 97.8 Å². The average Bonchev–Trinajstić information content (AvgIpc) is 3.03. The van der Waals surface area contributed by atoms with Gasteiger partial charge in [0.15, 0.2) is 0 Å². The van der Waals surface area contributed by atoms with Crippen molar-refractivity contribution in [2.45, 2.75) is 25.3 Å². The highest BCUT2D eigenvalue weighted by atomic mass is 32.2. The summed E-state index contributed by atoms with van der Waals surface area (Å²) in [7, 11) is 0. The Kier molecular flexibility index (Phi) is 7.36. The molecule has 0 saturated carbocycles. The largest absolute Gasteiger partial charge is 0.361 e. The number of carbonyl (C=O) groups excluding carboxylic acids is 2. The average molecular weight is 358 g/mol. The molecule has 1 aromatic carbocycles. The van der Waals surface area contributed by atoms with Crippen molar-refractivity contribution in [2.75, 3.05) is 18.6 Å². The third kappa shape index (κ3) is 5.54. The van der Waals surface area contributed by atoms with E-state index < -0.39 is 6.04 Å². The molecule has 3 N–H and O–H groups in total. The first kappa shape index (κ1) is 18.9. The van der Waals surface area contributed by atoms with Gasteiger partial charge in [0.1, 0.15) is 6.04 Å². The summed E-state index contributed by atoms with van der Waals surface area (Å²) in [5.74, 6) is 0.0989. The smallest absolute Gasteiger partial charge is 0.243 e. The van der Waals surface area contributed by atoms with Gasteiger partial charge in [-0.05, 0) is 24.3 Å². The Balaban J connectivity index is 1.88. The number of fused-ring (bicyclic) bond motifs is 1. The summed E-state index contributed by atoms with van der Waals surface area (Å²) >= 11 is 1.49. The van der Waals surface area contributed by atoms with Crippen LogP contribution in [0.25, 0.3) is 10.9 Å². The number of para-hydroxylation sites is 1. The van der Waals surface area contributed by atoms with Gasteiger partial charge in [-0.15, -0.1) is 0 Å². The summed E-state index contributed by atoms with van der Waals surface area (Å²) in [4.78, 5) is 27.5. The number of carbonyl (C=O) groups is 2. The highest BCUT2D eigenvalue weighted by Crippen LogP contribution is 2.18. The van der Waals surface area contributed by atoms with Crippen LogP contribution in [0.4, 0.5) is 0 Å². The zero-order valence-corrected chi connectivity index (χ0v) is 15.0. The molecule has 0 bridgehead atoms. The van der Waals surface area contributed by atoms with Gasteiger partial charge in [-0.25, -0.2) is 0 Å². The molecule has 0 radical (unpaired) electrons. The normalized spacial score (nSPS) is 11.7. The Labute approximate surface area is 151 Å². The van der Waals surface area contributed by atoms with Crippen LogP contribution in [-0.4, -0.2) is 41.4 Å². The molecule has 2 rings (SSSR count). The molecule has 0 aliphatic carbocycles. The number of aryl methyl sites for hydroxylation is 1. The first-order chi connectivity index (χ1) is 12.2. The maximum Gasteiger partial charge on any atom is 0.243 e. The second-order valence-electron chi connectivity index (χ2n) is 5.63.